The number of ether oxygens (including phenoxy) is 1. The van der Waals surface area contributed by atoms with E-state index in [-0.39, 0.29) is 6.10 Å². The van der Waals surface area contributed by atoms with Crippen LogP contribution < -0.4 is 5.32 Å². The summed E-state index contributed by atoms with van der Waals surface area (Å²) in [4.78, 5) is 5.68. The molecule has 0 saturated heterocycles. The number of nitrogens with one attached hydrogen (secondary N) is 1. The molecule has 2 atom stereocenters. The maximum absolute atomic E-state index is 5.78. The first-order valence-corrected chi connectivity index (χ1v) is 7.36. The van der Waals surface area contributed by atoms with Crippen molar-refractivity contribution in [1.29, 1.82) is 0 Å². The van der Waals surface area contributed by atoms with Gasteiger partial charge in [-0.15, -0.1) is 11.3 Å². The monoisotopic (exact) mass is 267 g/mol. The van der Waals surface area contributed by atoms with Crippen LogP contribution in [0.4, 0.5) is 0 Å². The van der Waals surface area contributed by atoms with E-state index < -0.39 is 0 Å². The summed E-state index contributed by atoms with van der Waals surface area (Å²) in [6, 6.07) is 0.319. The van der Waals surface area contributed by atoms with Crippen molar-refractivity contribution in [2.75, 3.05) is 13.7 Å². The van der Waals surface area contributed by atoms with E-state index in [1.165, 1.54) is 0 Å². The van der Waals surface area contributed by atoms with E-state index in [4.69, 9.17) is 4.74 Å². The fraction of sp³-hybridized carbons (Fsp3) is 0.615. The van der Waals surface area contributed by atoms with Crippen molar-refractivity contribution in [3.8, 4) is 0 Å². The molecule has 2 aromatic rings. The molecule has 0 fully saturated rings. The molecule has 0 bridgehead atoms. The molecule has 100 valence electrons. The topological polar surface area (TPSA) is 38.6 Å². The lowest BCUT2D eigenvalue weighted by Gasteiger charge is -2.25. The zero-order valence-corrected chi connectivity index (χ0v) is 12.0. The summed E-state index contributed by atoms with van der Waals surface area (Å²) in [5.74, 6) is 0. The summed E-state index contributed by atoms with van der Waals surface area (Å²) < 4.78 is 7.86. The third kappa shape index (κ3) is 2.91. The average molecular weight is 267 g/mol. The highest BCUT2D eigenvalue weighted by Crippen LogP contribution is 2.15. The van der Waals surface area contributed by atoms with E-state index in [9.17, 15) is 0 Å². The largest absolute Gasteiger partial charge is 0.377 e. The molecule has 18 heavy (non-hydrogen) atoms. The molecule has 2 heterocycles. The summed E-state index contributed by atoms with van der Waals surface area (Å²) in [6.07, 6.45) is 6.32. The Hall–Kier alpha value is -0.910. The minimum atomic E-state index is 0.250. The van der Waals surface area contributed by atoms with Crippen LogP contribution in [0, 0.1) is 0 Å². The number of rotatable bonds is 7. The summed E-state index contributed by atoms with van der Waals surface area (Å²) >= 11 is 1.67. The van der Waals surface area contributed by atoms with Crippen molar-refractivity contribution in [3.63, 3.8) is 0 Å². The lowest BCUT2D eigenvalue weighted by molar-refractivity contribution is 0.0337. The van der Waals surface area contributed by atoms with Gasteiger partial charge < -0.3 is 10.1 Å². The fourth-order valence-electron chi connectivity index (χ4n) is 2.25. The molecule has 2 unspecified atom stereocenters. The molecule has 1 N–H and O–H groups in total. The highest BCUT2D eigenvalue weighted by Gasteiger charge is 2.20. The van der Waals surface area contributed by atoms with Gasteiger partial charge >= 0.3 is 0 Å². The van der Waals surface area contributed by atoms with Gasteiger partial charge in [0.05, 0.1) is 11.8 Å². The van der Waals surface area contributed by atoms with E-state index in [0.29, 0.717) is 6.04 Å². The van der Waals surface area contributed by atoms with E-state index in [1.54, 1.807) is 11.3 Å². The van der Waals surface area contributed by atoms with Crippen molar-refractivity contribution in [2.24, 2.45) is 0 Å². The predicted octanol–water partition coefficient (Wildman–Crippen LogP) is 2.34. The molecule has 0 aliphatic rings. The summed E-state index contributed by atoms with van der Waals surface area (Å²) in [6.45, 7) is 4.97. The molecule has 0 aliphatic heterocycles. The van der Waals surface area contributed by atoms with Gasteiger partial charge in [-0.25, -0.2) is 4.98 Å². The van der Waals surface area contributed by atoms with E-state index in [1.807, 2.05) is 20.2 Å². The third-order valence-corrected chi connectivity index (χ3v) is 3.95. The molecule has 0 aromatic carbocycles. The second-order valence-corrected chi connectivity index (χ2v) is 5.20. The van der Waals surface area contributed by atoms with Gasteiger partial charge in [0.15, 0.2) is 4.96 Å². The molecule has 0 saturated carbocycles. The van der Waals surface area contributed by atoms with Crippen LogP contribution in [0.1, 0.15) is 26.0 Å². The zero-order valence-electron chi connectivity index (χ0n) is 11.2. The van der Waals surface area contributed by atoms with Crippen LogP contribution in [-0.4, -0.2) is 35.2 Å². The number of thiazole rings is 1. The van der Waals surface area contributed by atoms with Gasteiger partial charge in [-0.1, -0.05) is 6.92 Å². The van der Waals surface area contributed by atoms with Gasteiger partial charge in [0.1, 0.15) is 0 Å². The molecular formula is C13H21N3OS. The molecular weight excluding hydrogens is 246 g/mol. The maximum Gasteiger partial charge on any atom is 0.193 e. The Bertz CT molecular complexity index is 451. The lowest BCUT2D eigenvalue weighted by atomic mass is 10.0. The number of fused-ring (bicyclic) bond motifs is 1. The second kappa shape index (κ2) is 6.31. The SMILES string of the molecule is CCOC(CC)C(Cc1cn2ccsc2n1)NC. The van der Waals surface area contributed by atoms with Crippen molar-refractivity contribution in [2.45, 2.75) is 38.8 Å². The molecule has 0 aliphatic carbocycles. The molecule has 2 rings (SSSR count). The summed E-state index contributed by atoms with van der Waals surface area (Å²) in [5.41, 5.74) is 1.12. The Balaban J connectivity index is 2.07. The number of hydrogen-bond donors (Lipinski definition) is 1. The van der Waals surface area contributed by atoms with Gasteiger partial charge in [-0.2, -0.15) is 0 Å². The number of nitrogens with zero attached hydrogens (tertiary/aromatic N) is 2. The fourth-order valence-corrected chi connectivity index (χ4v) is 2.97. The van der Waals surface area contributed by atoms with Gasteiger partial charge in [0, 0.05) is 36.8 Å². The lowest BCUT2D eigenvalue weighted by Crippen LogP contribution is -2.41. The first-order valence-electron chi connectivity index (χ1n) is 6.48. The molecule has 5 heteroatoms. The van der Waals surface area contributed by atoms with Crippen molar-refractivity contribution in [3.05, 3.63) is 23.5 Å². The highest BCUT2D eigenvalue weighted by atomic mass is 32.1. The van der Waals surface area contributed by atoms with E-state index >= 15 is 0 Å². The van der Waals surface area contributed by atoms with Gasteiger partial charge in [0.25, 0.3) is 0 Å². The minimum Gasteiger partial charge on any atom is -0.377 e. The van der Waals surface area contributed by atoms with Crippen LogP contribution in [0.5, 0.6) is 0 Å². The quantitative estimate of drug-likeness (QED) is 0.837. The third-order valence-electron chi connectivity index (χ3n) is 3.17. The number of likely N-dealkylation sites (N-methyl/N-ethyl adjacent to an activating group) is 1. The van der Waals surface area contributed by atoms with Crippen LogP contribution in [0.25, 0.3) is 4.96 Å². The van der Waals surface area contributed by atoms with Crippen molar-refractivity contribution >= 4 is 16.3 Å². The number of hydrogen-bond acceptors (Lipinski definition) is 4. The van der Waals surface area contributed by atoms with E-state index in [0.717, 1.165) is 30.1 Å². The Morgan fingerprint density at radius 2 is 2.33 bits per heavy atom. The zero-order chi connectivity index (χ0) is 13.0. The van der Waals surface area contributed by atoms with Crippen LogP contribution in [0.15, 0.2) is 17.8 Å². The van der Waals surface area contributed by atoms with Crippen LogP contribution in [0.2, 0.25) is 0 Å². The standard InChI is InChI=1S/C13H21N3OS/c1-4-12(17-5-2)11(14-3)8-10-9-16-6-7-18-13(16)15-10/h6-7,9,11-12,14H,4-5,8H2,1-3H3. The Morgan fingerprint density at radius 3 is 2.94 bits per heavy atom. The van der Waals surface area contributed by atoms with Crippen molar-refractivity contribution in [1.82, 2.24) is 14.7 Å². The van der Waals surface area contributed by atoms with Crippen LogP contribution in [0.3, 0.4) is 0 Å². The number of aromatic nitrogens is 2. The first kappa shape index (κ1) is 13.5. The summed E-state index contributed by atoms with van der Waals surface area (Å²) in [5, 5.41) is 5.40. The molecule has 0 radical (unpaired) electrons. The predicted molar refractivity (Wildman–Crippen MR) is 75.3 cm³/mol. The smallest absolute Gasteiger partial charge is 0.193 e. The second-order valence-electron chi connectivity index (χ2n) is 4.33. The minimum absolute atomic E-state index is 0.250. The molecule has 0 amide bonds. The molecule has 4 nitrogen and oxygen atoms in total. The van der Waals surface area contributed by atoms with Gasteiger partial charge in [0.2, 0.25) is 0 Å². The Morgan fingerprint density at radius 1 is 1.50 bits per heavy atom. The van der Waals surface area contributed by atoms with Crippen LogP contribution in [-0.2, 0) is 11.2 Å². The van der Waals surface area contributed by atoms with Gasteiger partial charge in [-0.05, 0) is 20.4 Å². The Labute approximate surface area is 112 Å². The highest BCUT2D eigenvalue weighted by molar-refractivity contribution is 7.15. The number of imidazole rings is 1. The summed E-state index contributed by atoms with van der Waals surface area (Å²) in [7, 11) is 1.99. The molecule has 0 spiro atoms. The Kier molecular flexibility index (Phi) is 4.74. The normalized spacial score (nSPS) is 15.1. The average Bonchev–Trinajstić information content (AvgIpc) is 2.94. The van der Waals surface area contributed by atoms with Gasteiger partial charge in [-0.3, -0.25) is 4.40 Å². The molecule has 2 aromatic heterocycles. The van der Waals surface area contributed by atoms with E-state index in [2.05, 4.69) is 33.2 Å². The van der Waals surface area contributed by atoms with Crippen LogP contribution >= 0.6 is 11.3 Å². The first-order chi connectivity index (χ1) is 8.78. The maximum atomic E-state index is 5.78. The van der Waals surface area contributed by atoms with Crippen molar-refractivity contribution < 1.29 is 4.74 Å².